The van der Waals surface area contributed by atoms with Crippen LogP contribution in [0.5, 0.6) is 17.2 Å². The summed E-state index contributed by atoms with van der Waals surface area (Å²) in [5.41, 5.74) is 6.78. The van der Waals surface area contributed by atoms with Gasteiger partial charge in [-0.2, -0.15) is 0 Å². The van der Waals surface area contributed by atoms with Crippen molar-refractivity contribution >= 4 is 28.8 Å². The second-order valence-electron chi connectivity index (χ2n) is 9.26. The van der Waals surface area contributed by atoms with Crippen LogP contribution in [0.4, 0.5) is 17.2 Å². The number of amides is 1. The molecule has 0 saturated heterocycles. The van der Waals surface area contributed by atoms with Crippen LogP contribution in [0.15, 0.2) is 53.7 Å². The number of nitrogens with zero attached hydrogens (tertiary/aromatic N) is 3. The highest BCUT2D eigenvalue weighted by atomic mass is 16.5. The Hall–Kier alpha value is -3.87. The normalized spacial score (nSPS) is 18.1. The van der Waals surface area contributed by atoms with Crippen LogP contribution >= 0.6 is 0 Å². The maximum atomic E-state index is 11.7. The number of hydrogen-bond donors (Lipinski definition) is 1. The molecule has 3 aliphatic heterocycles. The Bertz CT molecular complexity index is 1330. The third-order valence-electron chi connectivity index (χ3n) is 6.73. The van der Waals surface area contributed by atoms with E-state index < -0.39 is 0 Å². The molecule has 6 rings (SSSR count). The maximum Gasteiger partial charge on any atom is 0.225 e. The Morgan fingerprint density at radius 3 is 2.88 bits per heavy atom. The van der Waals surface area contributed by atoms with Gasteiger partial charge in [-0.05, 0) is 66.4 Å². The summed E-state index contributed by atoms with van der Waals surface area (Å²) in [5, 5.41) is 2.82. The summed E-state index contributed by atoms with van der Waals surface area (Å²) in [6.07, 6.45) is 4.45. The molecule has 0 radical (unpaired) electrons. The lowest BCUT2D eigenvalue weighted by molar-refractivity contribution is -0.116. The van der Waals surface area contributed by atoms with Crippen LogP contribution in [0.2, 0.25) is 0 Å². The van der Waals surface area contributed by atoms with E-state index in [0.29, 0.717) is 25.3 Å². The van der Waals surface area contributed by atoms with Gasteiger partial charge in [-0.15, -0.1) is 0 Å². The molecule has 1 N–H and O–H groups in total. The Morgan fingerprint density at radius 1 is 1.09 bits per heavy atom. The lowest BCUT2D eigenvalue weighted by Crippen LogP contribution is -2.28. The highest BCUT2D eigenvalue weighted by molar-refractivity contribution is 5.96. The number of hydrogen-bond acceptors (Lipinski definition) is 6. The van der Waals surface area contributed by atoms with Crippen LogP contribution in [0, 0.1) is 5.92 Å². The summed E-state index contributed by atoms with van der Waals surface area (Å²) in [6.45, 7) is 0.637. The number of anilines is 2. The zero-order chi connectivity index (χ0) is 23.2. The number of ether oxygens (including phenoxy) is 2. The Morgan fingerprint density at radius 2 is 2.00 bits per heavy atom. The van der Waals surface area contributed by atoms with E-state index in [4.69, 9.17) is 14.5 Å². The summed E-state index contributed by atoms with van der Waals surface area (Å²) in [5.74, 6) is 3.20. The Balaban J connectivity index is 1.21. The van der Waals surface area contributed by atoms with Crippen molar-refractivity contribution in [1.82, 2.24) is 4.98 Å². The minimum atomic E-state index is -0.0102. The van der Waals surface area contributed by atoms with Crippen LogP contribution in [0.1, 0.15) is 23.1 Å². The van der Waals surface area contributed by atoms with Gasteiger partial charge >= 0.3 is 0 Å². The number of rotatable bonds is 4. The van der Waals surface area contributed by atoms with Gasteiger partial charge in [0.2, 0.25) is 5.91 Å². The van der Waals surface area contributed by atoms with Crippen LogP contribution in [0.25, 0.3) is 0 Å². The molecule has 7 nitrogen and oxygen atoms in total. The zero-order valence-corrected chi connectivity index (χ0v) is 19.3. The molecule has 0 bridgehead atoms. The number of carbonyl (C=O) groups is 1. The first kappa shape index (κ1) is 20.7. The van der Waals surface area contributed by atoms with E-state index in [-0.39, 0.29) is 11.8 Å². The van der Waals surface area contributed by atoms with Gasteiger partial charge in [-0.3, -0.25) is 9.79 Å². The monoisotopic (exact) mass is 454 g/mol. The smallest absolute Gasteiger partial charge is 0.225 e. The number of nitrogens with one attached hydrogen (secondary N) is 1. The molecule has 0 spiro atoms. The second-order valence-corrected chi connectivity index (χ2v) is 9.26. The van der Waals surface area contributed by atoms with Gasteiger partial charge in [0.15, 0.2) is 0 Å². The lowest BCUT2D eigenvalue weighted by atomic mass is 9.90. The lowest BCUT2D eigenvalue weighted by Gasteiger charge is -2.26. The predicted octanol–water partition coefficient (Wildman–Crippen LogP) is 4.70. The highest BCUT2D eigenvalue weighted by Crippen LogP contribution is 2.38. The molecular weight excluding hydrogens is 428 g/mol. The van der Waals surface area contributed by atoms with E-state index in [9.17, 15) is 4.79 Å². The van der Waals surface area contributed by atoms with E-state index in [1.165, 1.54) is 17.0 Å². The molecule has 1 atom stereocenters. The Kier molecular flexibility index (Phi) is 4.98. The summed E-state index contributed by atoms with van der Waals surface area (Å²) >= 11 is 0. The van der Waals surface area contributed by atoms with Gasteiger partial charge in [0, 0.05) is 56.0 Å². The fourth-order valence-electron chi connectivity index (χ4n) is 4.85. The molecule has 1 aromatic heterocycles. The van der Waals surface area contributed by atoms with Crippen LogP contribution in [-0.2, 0) is 24.1 Å². The molecule has 0 aliphatic carbocycles. The molecule has 1 amide bonds. The minimum Gasteiger partial charge on any atom is -0.493 e. The molecule has 3 aliphatic rings. The largest absolute Gasteiger partial charge is 0.493 e. The van der Waals surface area contributed by atoms with Crippen LogP contribution in [0.3, 0.4) is 0 Å². The molecule has 7 heteroatoms. The molecule has 3 aromatic rings. The summed E-state index contributed by atoms with van der Waals surface area (Å²) in [6, 6.07) is 14.3. The third kappa shape index (κ3) is 3.77. The molecule has 172 valence electrons. The topological polar surface area (TPSA) is 76.1 Å². The number of fused-ring (bicyclic) bond motifs is 3. The van der Waals surface area contributed by atoms with Crippen molar-refractivity contribution in [3.05, 3.63) is 65.4 Å². The highest BCUT2D eigenvalue weighted by Gasteiger charge is 2.28. The molecule has 4 heterocycles. The molecule has 0 fully saturated rings. The van der Waals surface area contributed by atoms with E-state index >= 15 is 0 Å². The van der Waals surface area contributed by atoms with Gasteiger partial charge < -0.3 is 19.7 Å². The number of aromatic nitrogens is 1. The van der Waals surface area contributed by atoms with Crippen molar-refractivity contribution in [3.8, 4) is 17.2 Å². The third-order valence-corrected chi connectivity index (χ3v) is 6.73. The Labute approximate surface area is 198 Å². The van der Waals surface area contributed by atoms with Gasteiger partial charge in [0.25, 0.3) is 0 Å². The molecule has 2 aromatic carbocycles. The van der Waals surface area contributed by atoms with Gasteiger partial charge in [-0.25, -0.2) is 4.98 Å². The number of carbonyl (C=O) groups excluding carboxylic acids is 1. The van der Waals surface area contributed by atoms with Gasteiger partial charge in [0.1, 0.15) is 23.1 Å². The zero-order valence-electron chi connectivity index (χ0n) is 19.3. The number of benzene rings is 2. The van der Waals surface area contributed by atoms with Crippen molar-refractivity contribution in [1.29, 1.82) is 0 Å². The first-order valence-corrected chi connectivity index (χ1v) is 11.6. The van der Waals surface area contributed by atoms with Gasteiger partial charge in [0.05, 0.1) is 12.3 Å². The van der Waals surface area contributed by atoms with Crippen molar-refractivity contribution in [2.45, 2.75) is 25.7 Å². The first-order chi connectivity index (χ1) is 16.5. The van der Waals surface area contributed by atoms with Crippen molar-refractivity contribution in [2.24, 2.45) is 10.9 Å². The maximum absolute atomic E-state index is 11.7. The summed E-state index contributed by atoms with van der Waals surface area (Å²) in [4.78, 5) is 23.0. The molecule has 1 unspecified atom stereocenters. The first-order valence-electron chi connectivity index (χ1n) is 11.6. The number of aliphatic imine (C=N–C) groups is 1. The van der Waals surface area contributed by atoms with Crippen molar-refractivity contribution in [2.75, 3.05) is 30.9 Å². The summed E-state index contributed by atoms with van der Waals surface area (Å²) < 4.78 is 12.4. The summed E-state index contributed by atoms with van der Waals surface area (Å²) in [7, 11) is 4.11. The molecule has 0 saturated carbocycles. The SMILES string of the molecule is CN(C)c1ccc2c(c1)CC(C1COc3ccc(Oc4ccnc5c4CCC(=O)N5)cc3C1)=N2. The quantitative estimate of drug-likeness (QED) is 0.618. The van der Waals surface area contributed by atoms with E-state index in [0.717, 1.165) is 46.9 Å². The number of pyridine rings is 1. The standard InChI is InChI=1S/C27H26N4O3/c1-31(2)19-3-6-22-16(12-19)14-23(29-22)18-11-17-13-20(4-7-24(17)33-15-18)34-25-9-10-28-27-21(25)5-8-26(32)30-27/h3-4,6-7,9-10,12-13,18H,5,8,11,14-15H2,1-2H3,(H,28,30,32). The van der Waals surface area contributed by atoms with Crippen molar-refractivity contribution in [3.63, 3.8) is 0 Å². The van der Waals surface area contributed by atoms with Crippen LogP contribution in [-0.4, -0.2) is 37.3 Å². The van der Waals surface area contributed by atoms with Crippen molar-refractivity contribution < 1.29 is 14.3 Å². The van der Waals surface area contributed by atoms with E-state index in [2.05, 4.69) is 53.6 Å². The van der Waals surface area contributed by atoms with Crippen LogP contribution < -0.4 is 19.7 Å². The van der Waals surface area contributed by atoms with Gasteiger partial charge in [-0.1, -0.05) is 0 Å². The average molecular weight is 455 g/mol. The predicted molar refractivity (Wildman–Crippen MR) is 132 cm³/mol. The molecular formula is C27H26N4O3. The van der Waals surface area contributed by atoms with E-state index in [1.54, 1.807) is 6.20 Å². The fourth-order valence-corrected chi connectivity index (χ4v) is 4.85. The second kappa shape index (κ2) is 8.17. The average Bonchev–Trinajstić information content (AvgIpc) is 3.27. The fraction of sp³-hybridized carbons (Fsp3) is 0.296. The molecule has 34 heavy (non-hydrogen) atoms. The minimum absolute atomic E-state index is 0.0102. The van der Waals surface area contributed by atoms with E-state index in [1.807, 2.05) is 18.2 Å².